The quantitative estimate of drug-likeness (QED) is 0.640. The Morgan fingerprint density at radius 3 is 2.65 bits per heavy atom. The number of methoxy groups -OCH3 is 1. The Hall–Kier alpha value is -2.88. The van der Waals surface area contributed by atoms with Gasteiger partial charge in [-0.2, -0.15) is 0 Å². The molecule has 4 heteroatoms. The van der Waals surface area contributed by atoms with Crippen molar-refractivity contribution >= 4 is 17.9 Å². The molecule has 1 aliphatic rings. The highest BCUT2D eigenvalue weighted by atomic mass is 16.6. The highest BCUT2D eigenvalue weighted by Gasteiger charge is 2.24. The minimum Gasteiger partial charge on any atom is -0.497 e. The van der Waals surface area contributed by atoms with E-state index in [0.717, 1.165) is 12.0 Å². The summed E-state index contributed by atoms with van der Waals surface area (Å²) in [5.74, 6) is 0.543. The molecule has 0 radical (unpaired) electrons. The third-order valence-electron chi connectivity index (χ3n) is 3.63. The summed E-state index contributed by atoms with van der Waals surface area (Å²) >= 11 is 0. The van der Waals surface area contributed by atoms with Gasteiger partial charge in [0.2, 0.25) is 5.90 Å². The zero-order chi connectivity index (χ0) is 16.2. The Balaban J connectivity index is 1.89. The van der Waals surface area contributed by atoms with Crippen LogP contribution in [0.2, 0.25) is 0 Å². The van der Waals surface area contributed by atoms with Crippen LogP contribution in [-0.4, -0.2) is 19.0 Å². The molecule has 3 rings (SSSR count). The first-order chi connectivity index (χ1) is 11.2. The largest absolute Gasteiger partial charge is 0.497 e. The third kappa shape index (κ3) is 3.31. The molecule has 0 bridgehead atoms. The van der Waals surface area contributed by atoms with Crippen LogP contribution in [0.3, 0.4) is 0 Å². The summed E-state index contributed by atoms with van der Waals surface area (Å²) in [5.41, 5.74) is 3.18. The van der Waals surface area contributed by atoms with E-state index in [9.17, 15) is 4.79 Å². The summed E-state index contributed by atoms with van der Waals surface area (Å²) in [7, 11) is 1.59. The number of aryl methyl sites for hydroxylation is 1. The summed E-state index contributed by atoms with van der Waals surface area (Å²) in [5, 5.41) is 0. The van der Waals surface area contributed by atoms with Gasteiger partial charge in [0.25, 0.3) is 0 Å². The maximum absolute atomic E-state index is 12.0. The smallest absolute Gasteiger partial charge is 0.363 e. The van der Waals surface area contributed by atoms with Crippen molar-refractivity contribution in [1.29, 1.82) is 0 Å². The van der Waals surface area contributed by atoms with Gasteiger partial charge in [-0.3, -0.25) is 0 Å². The number of cyclic esters (lactones) is 1. The van der Waals surface area contributed by atoms with Crippen molar-refractivity contribution in [3.8, 4) is 5.75 Å². The molecule has 116 valence electrons. The average molecular weight is 307 g/mol. The maximum atomic E-state index is 12.0. The predicted octanol–water partition coefficient (Wildman–Crippen LogP) is 3.60. The lowest BCUT2D eigenvalue weighted by atomic mass is 10.1. The molecular formula is C19H17NO3. The number of nitrogens with zero attached hydrogens (tertiary/aromatic N) is 1. The fourth-order valence-electron chi connectivity index (χ4n) is 2.30. The van der Waals surface area contributed by atoms with Gasteiger partial charge in [-0.05, 0) is 41.8 Å². The molecule has 2 aromatic carbocycles. The number of benzene rings is 2. The van der Waals surface area contributed by atoms with Gasteiger partial charge in [0.1, 0.15) is 5.75 Å². The number of rotatable bonds is 4. The summed E-state index contributed by atoms with van der Waals surface area (Å²) in [6.45, 7) is 2.10. The van der Waals surface area contributed by atoms with Crippen molar-refractivity contribution in [3.63, 3.8) is 0 Å². The van der Waals surface area contributed by atoms with E-state index in [0.29, 0.717) is 22.9 Å². The molecule has 0 atom stereocenters. The predicted molar refractivity (Wildman–Crippen MR) is 89.4 cm³/mol. The Kier molecular flexibility index (Phi) is 4.24. The van der Waals surface area contributed by atoms with Crippen LogP contribution in [-0.2, 0) is 16.0 Å². The first kappa shape index (κ1) is 15.0. The molecule has 4 nitrogen and oxygen atoms in total. The van der Waals surface area contributed by atoms with E-state index in [4.69, 9.17) is 9.47 Å². The van der Waals surface area contributed by atoms with Gasteiger partial charge in [-0.15, -0.1) is 0 Å². The maximum Gasteiger partial charge on any atom is 0.363 e. The van der Waals surface area contributed by atoms with E-state index < -0.39 is 5.97 Å². The Labute approximate surface area is 135 Å². The summed E-state index contributed by atoms with van der Waals surface area (Å²) < 4.78 is 10.4. The van der Waals surface area contributed by atoms with Crippen molar-refractivity contribution in [2.75, 3.05) is 7.11 Å². The lowest BCUT2D eigenvalue weighted by Gasteiger charge is -2.02. The normalized spacial score (nSPS) is 15.5. The van der Waals surface area contributed by atoms with Gasteiger partial charge in [0.15, 0.2) is 5.70 Å². The molecule has 23 heavy (non-hydrogen) atoms. The number of esters is 1. The number of carbonyl (C=O) groups is 1. The van der Waals surface area contributed by atoms with Crippen LogP contribution in [0.25, 0.3) is 6.08 Å². The Morgan fingerprint density at radius 1 is 1.17 bits per heavy atom. The van der Waals surface area contributed by atoms with Gasteiger partial charge >= 0.3 is 5.97 Å². The zero-order valence-corrected chi connectivity index (χ0v) is 13.1. The zero-order valence-electron chi connectivity index (χ0n) is 13.1. The Bertz CT molecular complexity index is 789. The van der Waals surface area contributed by atoms with Gasteiger partial charge < -0.3 is 9.47 Å². The average Bonchev–Trinajstić information content (AvgIpc) is 2.96. The van der Waals surface area contributed by atoms with E-state index in [1.165, 1.54) is 5.56 Å². The SMILES string of the molecule is CCc1ccc(C=C2N=C(c3cccc(OC)c3)OC2=O)cc1. The van der Waals surface area contributed by atoms with Crippen molar-refractivity contribution in [2.24, 2.45) is 4.99 Å². The molecule has 1 heterocycles. The highest BCUT2D eigenvalue weighted by Crippen LogP contribution is 2.21. The standard InChI is InChI=1S/C19H17NO3/c1-3-13-7-9-14(10-8-13)11-17-19(21)23-18(20-17)15-5-4-6-16(12-15)22-2/h4-12H,3H2,1-2H3. The van der Waals surface area contributed by atoms with Gasteiger partial charge in [0.05, 0.1) is 7.11 Å². The van der Waals surface area contributed by atoms with Crippen LogP contribution in [0.5, 0.6) is 5.75 Å². The summed E-state index contributed by atoms with van der Waals surface area (Å²) in [6.07, 6.45) is 2.71. The second-order valence-electron chi connectivity index (χ2n) is 5.16. The van der Waals surface area contributed by atoms with Crippen LogP contribution in [0.1, 0.15) is 23.6 Å². The van der Waals surface area contributed by atoms with Gasteiger partial charge in [-0.25, -0.2) is 9.79 Å². The van der Waals surface area contributed by atoms with E-state index in [-0.39, 0.29) is 0 Å². The molecule has 0 saturated heterocycles. The molecule has 0 spiro atoms. The van der Waals surface area contributed by atoms with Crippen LogP contribution in [0.15, 0.2) is 59.2 Å². The topological polar surface area (TPSA) is 47.9 Å². The van der Waals surface area contributed by atoms with Crippen LogP contribution < -0.4 is 4.74 Å². The molecule has 0 aromatic heterocycles. The van der Waals surface area contributed by atoms with E-state index in [2.05, 4.69) is 11.9 Å². The van der Waals surface area contributed by atoms with Crippen molar-refractivity contribution in [2.45, 2.75) is 13.3 Å². The van der Waals surface area contributed by atoms with E-state index in [1.807, 2.05) is 42.5 Å². The molecule has 0 fully saturated rings. The second kappa shape index (κ2) is 6.48. The van der Waals surface area contributed by atoms with Crippen molar-refractivity contribution in [1.82, 2.24) is 0 Å². The van der Waals surface area contributed by atoms with Crippen LogP contribution >= 0.6 is 0 Å². The van der Waals surface area contributed by atoms with Crippen LogP contribution in [0, 0.1) is 0 Å². The Morgan fingerprint density at radius 2 is 1.96 bits per heavy atom. The van der Waals surface area contributed by atoms with Crippen molar-refractivity contribution in [3.05, 3.63) is 70.9 Å². The summed E-state index contributed by atoms with van der Waals surface area (Å²) in [6, 6.07) is 15.3. The third-order valence-corrected chi connectivity index (χ3v) is 3.63. The molecule has 2 aromatic rings. The van der Waals surface area contributed by atoms with Gasteiger partial charge in [0, 0.05) is 5.56 Å². The molecule has 0 unspecified atom stereocenters. The number of ether oxygens (including phenoxy) is 2. The fourth-order valence-corrected chi connectivity index (χ4v) is 2.30. The second-order valence-corrected chi connectivity index (χ2v) is 5.16. The fraction of sp³-hybridized carbons (Fsp3) is 0.158. The van der Waals surface area contributed by atoms with Crippen molar-refractivity contribution < 1.29 is 14.3 Å². The minimum absolute atomic E-state index is 0.297. The molecule has 0 saturated carbocycles. The molecular weight excluding hydrogens is 290 g/mol. The molecule has 0 aliphatic carbocycles. The molecule has 0 N–H and O–H groups in total. The lowest BCUT2D eigenvalue weighted by molar-refractivity contribution is -0.129. The molecule has 1 aliphatic heterocycles. The van der Waals surface area contributed by atoms with E-state index in [1.54, 1.807) is 19.3 Å². The first-order valence-corrected chi connectivity index (χ1v) is 7.45. The number of hydrogen-bond donors (Lipinski definition) is 0. The number of carbonyl (C=O) groups excluding carboxylic acids is 1. The lowest BCUT2D eigenvalue weighted by Crippen LogP contribution is -2.05. The first-order valence-electron chi connectivity index (χ1n) is 7.45. The molecule has 0 amide bonds. The monoisotopic (exact) mass is 307 g/mol. The van der Waals surface area contributed by atoms with E-state index >= 15 is 0 Å². The minimum atomic E-state index is -0.442. The number of aliphatic imine (C=N–C) groups is 1. The van der Waals surface area contributed by atoms with Crippen LogP contribution in [0.4, 0.5) is 0 Å². The number of hydrogen-bond acceptors (Lipinski definition) is 4. The highest BCUT2D eigenvalue weighted by molar-refractivity contribution is 6.12. The van der Waals surface area contributed by atoms with Gasteiger partial charge in [-0.1, -0.05) is 37.3 Å². The summed E-state index contributed by atoms with van der Waals surface area (Å²) in [4.78, 5) is 16.3.